The first-order valence-corrected chi connectivity index (χ1v) is 7.15. The zero-order valence-electron chi connectivity index (χ0n) is 11.6. The van der Waals surface area contributed by atoms with E-state index in [0.29, 0.717) is 5.92 Å². The minimum absolute atomic E-state index is 0.462. The molecule has 0 unspecified atom stereocenters. The number of aromatic amines is 1. The Balaban J connectivity index is 1.92. The van der Waals surface area contributed by atoms with E-state index in [1.54, 1.807) is 0 Å². The van der Waals surface area contributed by atoms with Crippen LogP contribution in [0, 0.1) is 0 Å². The van der Waals surface area contributed by atoms with Crippen LogP contribution in [0.5, 0.6) is 0 Å². The van der Waals surface area contributed by atoms with Crippen LogP contribution in [0.3, 0.4) is 0 Å². The van der Waals surface area contributed by atoms with Gasteiger partial charge in [0.25, 0.3) is 0 Å². The van der Waals surface area contributed by atoms with E-state index in [1.807, 2.05) is 6.20 Å². The third-order valence-electron chi connectivity index (χ3n) is 4.37. The Bertz CT molecular complexity index is 757. The van der Waals surface area contributed by atoms with Crippen LogP contribution in [-0.2, 0) is 6.54 Å². The standard InChI is InChI=1S/C18H18N2/c1-20-11-13-5-2-3-6-14(13)17(12-20)15-7-4-8-18-16(15)9-10-19-18/h2-10,17,19H,11-12H2,1H3/t17-/m0/s1. The molecule has 1 aliphatic heterocycles. The molecule has 20 heavy (non-hydrogen) atoms. The normalized spacial score (nSPS) is 19.1. The Morgan fingerprint density at radius 2 is 1.85 bits per heavy atom. The van der Waals surface area contributed by atoms with Crippen LogP contribution in [0.15, 0.2) is 54.7 Å². The maximum absolute atomic E-state index is 3.32. The zero-order chi connectivity index (χ0) is 13.5. The van der Waals surface area contributed by atoms with Crippen molar-refractivity contribution < 1.29 is 0 Å². The van der Waals surface area contributed by atoms with Crippen LogP contribution in [0.1, 0.15) is 22.6 Å². The molecule has 2 heteroatoms. The summed E-state index contributed by atoms with van der Waals surface area (Å²) >= 11 is 0. The summed E-state index contributed by atoms with van der Waals surface area (Å²) in [5.74, 6) is 0.462. The van der Waals surface area contributed by atoms with Gasteiger partial charge in [-0.2, -0.15) is 0 Å². The van der Waals surface area contributed by atoms with E-state index in [9.17, 15) is 0 Å². The molecule has 4 rings (SSSR count). The lowest BCUT2D eigenvalue weighted by Crippen LogP contribution is -2.30. The van der Waals surface area contributed by atoms with E-state index >= 15 is 0 Å². The van der Waals surface area contributed by atoms with E-state index in [-0.39, 0.29) is 0 Å². The fourth-order valence-electron chi connectivity index (χ4n) is 3.46. The summed E-state index contributed by atoms with van der Waals surface area (Å²) in [5, 5.41) is 1.35. The molecular weight excluding hydrogens is 244 g/mol. The molecule has 1 atom stereocenters. The number of fused-ring (bicyclic) bond motifs is 2. The Morgan fingerprint density at radius 3 is 2.80 bits per heavy atom. The van der Waals surface area contributed by atoms with Crippen LogP contribution in [0.2, 0.25) is 0 Å². The van der Waals surface area contributed by atoms with Crippen molar-refractivity contribution in [3.8, 4) is 0 Å². The van der Waals surface area contributed by atoms with Crippen LogP contribution < -0.4 is 0 Å². The lowest BCUT2D eigenvalue weighted by Gasteiger charge is -2.33. The van der Waals surface area contributed by atoms with Gasteiger partial charge in [-0.1, -0.05) is 36.4 Å². The van der Waals surface area contributed by atoms with Crippen molar-refractivity contribution in [2.45, 2.75) is 12.5 Å². The summed E-state index contributed by atoms with van der Waals surface area (Å²) in [6, 6.07) is 17.6. The molecule has 1 N–H and O–H groups in total. The second-order valence-electron chi connectivity index (χ2n) is 5.73. The van der Waals surface area contributed by atoms with Gasteiger partial charge in [-0.3, -0.25) is 0 Å². The third kappa shape index (κ3) is 1.76. The number of rotatable bonds is 1. The van der Waals surface area contributed by atoms with Gasteiger partial charge in [0.1, 0.15) is 0 Å². The van der Waals surface area contributed by atoms with Crippen LogP contribution >= 0.6 is 0 Å². The molecule has 0 bridgehead atoms. The molecule has 0 saturated carbocycles. The van der Waals surface area contributed by atoms with E-state index in [4.69, 9.17) is 0 Å². The van der Waals surface area contributed by atoms with Gasteiger partial charge in [-0.25, -0.2) is 0 Å². The van der Waals surface area contributed by atoms with Gasteiger partial charge in [0.15, 0.2) is 0 Å². The first-order valence-electron chi connectivity index (χ1n) is 7.15. The number of hydrogen-bond acceptors (Lipinski definition) is 1. The molecule has 0 radical (unpaired) electrons. The van der Waals surface area contributed by atoms with Crippen LogP contribution in [0.25, 0.3) is 10.9 Å². The minimum atomic E-state index is 0.462. The summed E-state index contributed by atoms with van der Waals surface area (Å²) in [7, 11) is 2.21. The third-order valence-corrected chi connectivity index (χ3v) is 4.37. The molecule has 0 saturated heterocycles. The lowest BCUT2D eigenvalue weighted by molar-refractivity contribution is 0.296. The van der Waals surface area contributed by atoms with Gasteiger partial charge < -0.3 is 9.88 Å². The summed E-state index contributed by atoms with van der Waals surface area (Å²) in [6.07, 6.45) is 2.03. The summed E-state index contributed by atoms with van der Waals surface area (Å²) in [5.41, 5.74) is 5.61. The molecule has 100 valence electrons. The Morgan fingerprint density at radius 1 is 1.00 bits per heavy atom. The molecule has 2 nitrogen and oxygen atoms in total. The predicted molar refractivity (Wildman–Crippen MR) is 82.9 cm³/mol. The largest absolute Gasteiger partial charge is 0.361 e. The highest BCUT2D eigenvalue weighted by Crippen LogP contribution is 2.36. The average Bonchev–Trinajstić information content (AvgIpc) is 2.94. The van der Waals surface area contributed by atoms with E-state index in [1.165, 1.54) is 27.6 Å². The molecule has 2 aromatic carbocycles. The van der Waals surface area contributed by atoms with Crippen molar-refractivity contribution in [3.63, 3.8) is 0 Å². The number of H-pyrrole nitrogens is 1. The zero-order valence-corrected chi connectivity index (χ0v) is 11.6. The molecule has 0 amide bonds. The van der Waals surface area contributed by atoms with Crippen molar-refractivity contribution in [2.24, 2.45) is 0 Å². The maximum atomic E-state index is 3.32. The Kier molecular flexibility index (Phi) is 2.64. The fraction of sp³-hybridized carbons (Fsp3) is 0.222. The highest BCUT2D eigenvalue weighted by molar-refractivity contribution is 5.84. The number of likely N-dealkylation sites (N-methyl/N-ethyl adjacent to an activating group) is 1. The quantitative estimate of drug-likeness (QED) is 0.707. The smallest absolute Gasteiger partial charge is 0.0456 e. The second kappa shape index (κ2) is 4.50. The summed E-state index contributed by atoms with van der Waals surface area (Å²) in [6.45, 7) is 2.14. The fourth-order valence-corrected chi connectivity index (χ4v) is 3.46. The molecule has 0 fully saturated rings. The molecule has 0 aliphatic carbocycles. The average molecular weight is 262 g/mol. The van der Waals surface area contributed by atoms with E-state index in [0.717, 1.165) is 13.1 Å². The van der Waals surface area contributed by atoms with Crippen LogP contribution in [0.4, 0.5) is 0 Å². The first-order chi connectivity index (χ1) is 9.83. The van der Waals surface area contributed by atoms with Gasteiger partial charge in [-0.15, -0.1) is 0 Å². The number of benzene rings is 2. The highest BCUT2D eigenvalue weighted by Gasteiger charge is 2.25. The molecule has 1 aromatic heterocycles. The molecule has 2 heterocycles. The number of aromatic nitrogens is 1. The molecule has 3 aromatic rings. The summed E-state index contributed by atoms with van der Waals surface area (Å²) < 4.78 is 0. The topological polar surface area (TPSA) is 19.0 Å². The number of hydrogen-bond donors (Lipinski definition) is 1. The van der Waals surface area contributed by atoms with E-state index < -0.39 is 0 Å². The lowest BCUT2D eigenvalue weighted by atomic mass is 9.83. The van der Waals surface area contributed by atoms with Crippen molar-refractivity contribution in [1.29, 1.82) is 0 Å². The van der Waals surface area contributed by atoms with Gasteiger partial charge in [-0.05, 0) is 35.9 Å². The molecule has 0 spiro atoms. The Labute approximate surface area is 119 Å². The van der Waals surface area contributed by atoms with Crippen molar-refractivity contribution in [3.05, 3.63) is 71.4 Å². The summed E-state index contributed by atoms with van der Waals surface area (Å²) in [4.78, 5) is 5.74. The highest BCUT2D eigenvalue weighted by atomic mass is 15.1. The van der Waals surface area contributed by atoms with Gasteiger partial charge in [0, 0.05) is 36.1 Å². The SMILES string of the molecule is CN1Cc2ccccc2[C@@H](c2cccc3[nH]ccc23)C1. The van der Waals surface area contributed by atoms with Crippen molar-refractivity contribution in [2.75, 3.05) is 13.6 Å². The van der Waals surface area contributed by atoms with E-state index in [2.05, 4.69) is 65.5 Å². The Hall–Kier alpha value is -2.06. The number of nitrogens with one attached hydrogen (secondary N) is 1. The molecular formula is C18H18N2. The van der Waals surface area contributed by atoms with Gasteiger partial charge in [0.2, 0.25) is 0 Å². The minimum Gasteiger partial charge on any atom is -0.361 e. The van der Waals surface area contributed by atoms with Crippen LogP contribution in [-0.4, -0.2) is 23.5 Å². The monoisotopic (exact) mass is 262 g/mol. The van der Waals surface area contributed by atoms with Gasteiger partial charge >= 0.3 is 0 Å². The predicted octanol–water partition coefficient (Wildman–Crippen LogP) is 3.75. The molecule has 1 aliphatic rings. The maximum Gasteiger partial charge on any atom is 0.0456 e. The van der Waals surface area contributed by atoms with Gasteiger partial charge in [0.05, 0.1) is 0 Å². The number of nitrogens with zero attached hydrogens (tertiary/aromatic N) is 1. The van der Waals surface area contributed by atoms with Crippen molar-refractivity contribution >= 4 is 10.9 Å². The second-order valence-corrected chi connectivity index (χ2v) is 5.73. The van der Waals surface area contributed by atoms with Crippen molar-refractivity contribution in [1.82, 2.24) is 9.88 Å². The first kappa shape index (κ1) is 11.7.